The Bertz CT molecular complexity index is 755. The Balaban J connectivity index is 1.72. The van der Waals surface area contributed by atoms with Crippen LogP contribution in [0.3, 0.4) is 0 Å². The number of nitrogens with one attached hydrogen (secondary N) is 1. The van der Waals surface area contributed by atoms with E-state index in [1.807, 2.05) is 31.2 Å². The molecule has 1 aliphatic rings. The summed E-state index contributed by atoms with van der Waals surface area (Å²) in [4.78, 5) is 12.6. The van der Waals surface area contributed by atoms with Crippen molar-refractivity contribution in [2.24, 2.45) is 0 Å². The second-order valence-electron chi connectivity index (χ2n) is 6.55. The van der Waals surface area contributed by atoms with Crippen molar-refractivity contribution in [2.45, 2.75) is 56.0 Å². The zero-order valence-electron chi connectivity index (χ0n) is 15.0. The molecule has 1 aromatic carbocycles. The van der Waals surface area contributed by atoms with Crippen LogP contribution in [-0.2, 0) is 4.79 Å². The molecule has 0 aliphatic heterocycles. The topological polar surface area (TPSA) is 69.0 Å². The molecule has 7 heteroatoms. The highest BCUT2D eigenvalue weighted by Gasteiger charge is 2.31. The van der Waals surface area contributed by atoms with Crippen molar-refractivity contribution in [1.82, 2.24) is 14.8 Å². The molecule has 1 fully saturated rings. The fourth-order valence-electron chi connectivity index (χ4n) is 2.63. The number of methoxy groups -OCH3 is 1. The van der Waals surface area contributed by atoms with Gasteiger partial charge in [-0.3, -0.25) is 4.79 Å². The van der Waals surface area contributed by atoms with Crippen molar-refractivity contribution < 1.29 is 9.53 Å². The summed E-state index contributed by atoms with van der Waals surface area (Å²) in [6.45, 7) is 6.13. The van der Waals surface area contributed by atoms with Crippen molar-refractivity contribution in [3.05, 3.63) is 30.1 Å². The van der Waals surface area contributed by atoms with E-state index in [4.69, 9.17) is 4.74 Å². The van der Waals surface area contributed by atoms with Crippen molar-refractivity contribution in [1.29, 1.82) is 0 Å². The van der Waals surface area contributed by atoms with Gasteiger partial charge in [-0.05, 0) is 31.9 Å². The van der Waals surface area contributed by atoms with Crippen LogP contribution >= 0.6 is 11.8 Å². The first-order valence-corrected chi connectivity index (χ1v) is 9.44. The number of para-hydroxylation sites is 2. The van der Waals surface area contributed by atoms with Gasteiger partial charge in [-0.25, -0.2) is 0 Å². The molecular weight excluding hydrogens is 336 g/mol. The molecule has 1 heterocycles. The minimum Gasteiger partial charge on any atom is -0.495 e. The molecule has 1 N–H and O–H groups in total. The van der Waals surface area contributed by atoms with Crippen LogP contribution < -0.4 is 10.1 Å². The van der Waals surface area contributed by atoms with Gasteiger partial charge in [0.25, 0.3) is 0 Å². The van der Waals surface area contributed by atoms with E-state index in [0.717, 1.165) is 23.8 Å². The maximum Gasteiger partial charge on any atom is 0.237 e. The number of benzene rings is 1. The lowest BCUT2D eigenvalue weighted by Crippen LogP contribution is -2.23. The maximum atomic E-state index is 12.6. The molecule has 3 rings (SSSR count). The zero-order chi connectivity index (χ0) is 18.0. The first kappa shape index (κ1) is 17.8. The summed E-state index contributed by atoms with van der Waals surface area (Å²) in [6.07, 6.45) is 2.32. The number of nitrogens with zero attached hydrogens (tertiary/aromatic N) is 3. The van der Waals surface area contributed by atoms with Gasteiger partial charge in [0.1, 0.15) is 11.6 Å². The Hall–Kier alpha value is -2.02. The minimum atomic E-state index is -0.286. The van der Waals surface area contributed by atoms with E-state index in [0.29, 0.717) is 23.4 Å². The molecule has 0 spiro atoms. The standard InChI is InChI=1S/C18H24N4O2S/c1-11(2)16-20-21-18(22(16)13-9-10-13)25-12(3)17(23)19-14-7-5-6-8-15(14)24-4/h5-8,11-13H,9-10H2,1-4H3,(H,19,23)/t12-/m1/s1. The summed E-state index contributed by atoms with van der Waals surface area (Å²) in [5, 5.41) is 12.1. The van der Waals surface area contributed by atoms with Gasteiger partial charge in [-0.2, -0.15) is 0 Å². The van der Waals surface area contributed by atoms with Crippen molar-refractivity contribution >= 4 is 23.4 Å². The number of carbonyl (C=O) groups is 1. The number of ether oxygens (including phenoxy) is 1. The van der Waals surface area contributed by atoms with Gasteiger partial charge < -0.3 is 14.6 Å². The van der Waals surface area contributed by atoms with Crippen LogP contribution in [0.4, 0.5) is 5.69 Å². The van der Waals surface area contributed by atoms with Crippen molar-refractivity contribution in [2.75, 3.05) is 12.4 Å². The number of carbonyl (C=O) groups excluding carboxylic acids is 1. The molecule has 0 bridgehead atoms. The van der Waals surface area contributed by atoms with Gasteiger partial charge in [0.15, 0.2) is 5.16 Å². The number of hydrogen-bond acceptors (Lipinski definition) is 5. The number of thioether (sulfide) groups is 1. The van der Waals surface area contributed by atoms with Crippen LogP contribution in [0.5, 0.6) is 5.75 Å². The molecule has 25 heavy (non-hydrogen) atoms. The Morgan fingerprint density at radius 2 is 2.00 bits per heavy atom. The van der Waals surface area contributed by atoms with E-state index >= 15 is 0 Å². The molecule has 1 aliphatic carbocycles. The molecule has 6 nitrogen and oxygen atoms in total. The van der Waals surface area contributed by atoms with Gasteiger partial charge in [-0.15, -0.1) is 10.2 Å². The van der Waals surface area contributed by atoms with E-state index in [-0.39, 0.29) is 11.2 Å². The van der Waals surface area contributed by atoms with Crippen molar-refractivity contribution in [3.8, 4) is 5.75 Å². The quantitative estimate of drug-likeness (QED) is 0.759. The average Bonchev–Trinajstić information content (AvgIpc) is 3.35. The summed E-state index contributed by atoms with van der Waals surface area (Å²) >= 11 is 1.45. The van der Waals surface area contributed by atoms with Crippen LogP contribution in [0.25, 0.3) is 0 Å². The van der Waals surface area contributed by atoms with Crippen LogP contribution in [0, 0.1) is 0 Å². The number of hydrogen-bond donors (Lipinski definition) is 1. The predicted molar refractivity (Wildman–Crippen MR) is 99.3 cm³/mol. The highest BCUT2D eigenvalue weighted by molar-refractivity contribution is 8.00. The fourth-order valence-corrected chi connectivity index (χ4v) is 3.56. The maximum absolute atomic E-state index is 12.6. The largest absolute Gasteiger partial charge is 0.495 e. The predicted octanol–water partition coefficient (Wildman–Crippen LogP) is 3.86. The fraction of sp³-hybridized carbons (Fsp3) is 0.500. The summed E-state index contributed by atoms with van der Waals surface area (Å²) < 4.78 is 7.50. The second kappa shape index (κ2) is 7.47. The van der Waals surface area contributed by atoms with Crippen molar-refractivity contribution in [3.63, 3.8) is 0 Å². The zero-order valence-corrected chi connectivity index (χ0v) is 15.8. The Morgan fingerprint density at radius 3 is 2.64 bits per heavy atom. The Labute approximate surface area is 152 Å². The van der Waals surface area contributed by atoms with E-state index in [9.17, 15) is 4.79 Å². The van der Waals surface area contributed by atoms with Gasteiger partial charge in [0.2, 0.25) is 5.91 Å². The number of amides is 1. The average molecular weight is 360 g/mol. The molecule has 0 radical (unpaired) electrons. The number of anilines is 1. The number of aromatic nitrogens is 3. The molecule has 0 unspecified atom stereocenters. The van der Waals surface area contributed by atoms with Gasteiger partial charge >= 0.3 is 0 Å². The SMILES string of the molecule is COc1ccccc1NC(=O)[C@@H](C)Sc1nnc(C(C)C)n1C1CC1. The van der Waals surface area contributed by atoms with Crippen LogP contribution in [-0.4, -0.2) is 33.0 Å². The molecule has 1 amide bonds. The van der Waals surface area contributed by atoms with E-state index in [2.05, 4.69) is 33.9 Å². The summed E-state index contributed by atoms with van der Waals surface area (Å²) in [5.74, 6) is 1.89. The lowest BCUT2D eigenvalue weighted by Gasteiger charge is -2.15. The molecule has 1 atom stereocenters. The molecular formula is C18H24N4O2S. The van der Waals surface area contributed by atoms with E-state index in [1.165, 1.54) is 11.8 Å². The second-order valence-corrected chi connectivity index (χ2v) is 7.85. The van der Waals surface area contributed by atoms with Gasteiger partial charge in [-0.1, -0.05) is 37.7 Å². The minimum absolute atomic E-state index is 0.0778. The van der Waals surface area contributed by atoms with Crippen LogP contribution in [0.2, 0.25) is 0 Å². The number of rotatable bonds is 7. The summed E-state index contributed by atoms with van der Waals surface area (Å²) in [7, 11) is 1.59. The van der Waals surface area contributed by atoms with E-state index in [1.54, 1.807) is 7.11 Å². The lowest BCUT2D eigenvalue weighted by molar-refractivity contribution is -0.115. The third-order valence-corrected chi connectivity index (χ3v) is 5.19. The van der Waals surface area contributed by atoms with Gasteiger partial charge in [0.05, 0.1) is 18.0 Å². The third-order valence-electron chi connectivity index (χ3n) is 4.14. The van der Waals surface area contributed by atoms with Gasteiger partial charge in [0, 0.05) is 12.0 Å². The molecule has 2 aromatic rings. The lowest BCUT2D eigenvalue weighted by atomic mass is 10.2. The first-order valence-electron chi connectivity index (χ1n) is 8.56. The summed E-state index contributed by atoms with van der Waals surface area (Å²) in [5.41, 5.74) is 0.675. The molecule has 134 valence electrons. The summed E-state index contributed by atoms with van der Waals surface area (Å²) in [6, 6.07) is 7.88. The van der Waals surface area contributed by atoms with Crippen LogP contribution in [0.15, 0.2) is 29.4 Å². The molecule has 1 aromatic heterocycles. The smallest absolute Gasteiger partial charge is 0.237 e. The molecule has 1 saturated carbocycles. The Kier molecular flexibility index (Phi) is 5.32. The molecule has 0 saturated heterocycles. The van der Waals surface area contributed by atoms with E-state index < -0.39 is 0 Å². The van der Waals surface area contributed by atoms with Crippen LogP contribution in [0.1, 0.15) is 51.4 Å². The highest BCUT2D eigenvalue weighted by Crippen LogP contribution is 2.40. The Morgan fingerprint density at radius 1 is 1.28 bits per heavy atom. The monoisotopic (exact) mass is 360 g/mol. The normalized spacial score (nSPS) is 15.2. The third kappa shape index (κ3) is 3.98. The highest BCUT2D eigenvalue weighted by atomic mass is 32.2. The first-order chi connectivity index (χ1) is 12.0.